The van der Waals surface area contributed by atoms with E-state index in [-0.39, 0.29) is 66.1 Å². The van der Waals surface area contributed by atoms with E-state index in [0.29, 0.717) is 50.2 Å². The molecule has 7 saturated heterocycles. The number of methoxy groups -OCH3 is 5. The summed E-state index contributed by atoms with van der Waals surface area (Å²) in [5.41, 5.74) is -0.431. The van der Waals surface area contributed by atoms with Crippen LogP contribution in [-0.4, -0.2) is 194 Å². The van der Waals surface area contributed by atoms with Crippen LogP contribution in [0.1, 0.15) is 139 Å². The summed E-state index contributed by atoms with van der Waals surface area (Å²) in [5, 5.41) is 10.5. The Balaban J connectivity index is 0.690. The highest BCUT2D eigenvalue weighted by Crippen LogP contribution is 2.67. The fourth-order valence-corrected chi connectivity index (χ4v) is 16.0. The first-order valence-corrected chi connectivity index (χ1v) is 28.6. The average molecular weight is 1070 g/mol. The van der Waals surface area contributed by atoms with E-state index in [1.54, 1.807) is 42.5 Å². The highest BCUT2D eigenvalue weighted by Gasteiger charge is 2.70. The maximum atomic E-state index is 13.4. The third-order valence-electron chi connectivity index (χ3n) is 20.3. The molecule has 10 fully saturated rings. The Morgan fingerprint density at radius 2 is 0.907 bits per heavy atom. The molecular weight excluding hydrogens is 977 g/mol. The van der Waals surface area contributed by atoms with Gasteiger partial charge >= 0.3 is 0 Å². The van der Waals surface area contributed by atoms with Gasteiger partial charge in [-0.15, -0.1) is 0 Å². The molecule has 2 bridgehead atoms. The Kier molecular flexibility index (Phi) is 17.6. The van der Waals surface area contributed by atoms with Gasteiger partial charge in [-0.05, 0) is 98.3 Å². The van der Waals surface area contributed by atoms with E-state index in [1.807, 2.05) is 27.7 Å². The minimum Gasteiger partial charge on any atom is -0.388 e. The van der Waals surface area contributed by atoms with Crippen LogP contribution in [0.4, 0.5) is 0 Å². The highest BCUT2D eigenvalue weighted by atomic mass is 16.8. The first-order valence-electron chi connectivity index (χ1n) is 28.6. The topological polar surface area (TPSA) is 194 Å². The van der Waals surface area contributed by atoms with Crippen LogP contribution in [0.5, 0.6) is 0 Å². The lowest BCUT2D eigenvalue weighted by molar-refractivity contribution is -0.352. The van der Waals surface area contributed by atoms with Crippen molar-refractivity contribution >= 4 is 5.78 Å². The minimum atomic E-state index is -0.740. The monoisotopic (exact) mass is 1070 g/mol. The van der Waals surface area contributed by atoms with Crippen molar-refractivity contribution in [3.63, 3.8) is 0 Å². The van der Waals surface area contributed by atoms with Crippen LogP contribution in [-0.2, 0) is 85.3 Å². The van der Waals surface area contributed by atoms with E-state index in [1.165, 1.54) is 0 Å². The molecule has 19 heteroatoms. The Labute approximate surface area is 445 Å². The maximum Gasteiger partial charge on any atom is 0.172 e. The van der Waals surface area contributed by atoms with Gasteiger partial charge in [-0.25, -0.2) is 0 Å². The van der Waals surface area contributed by atoms with Gasteiger partial charge in [0.05, 0.1) is 84.8 Å². The lowest BCUT2D eigenvalue weighted by Crippen LogP contribution is -2.58. The quantitative estimate of drug-likeness (QED) is 0.184. The number of ether oxygens (including phenoxy) is 17. The number of carbonyl (C=O) groups is 1. The SMILES string of the molecule is CO[C@H]1C[C@H](O[C@@H]2[C@@H](C)O[C@@H](O[C@@H]3[C@@H](C)O[C@@H](O[C@H]4[C@@H](OC)C[C@H](O[C@@H]5[C@@H](C)O[C@@H](O[C@H]6CC[C@@]7(C)[C@@H](CC[C@@]89O[C@@H](C)[C@@H]%10CCC(=O)[C@]%10(C)[C@@H](C[C@@H]87)O9)C6)C[C@H]5OC)O[C@@H]4C)C[C@H]3OC)C[C@H]2OC)O[C@H](C)[C@H]1O. The molecule has 19 nitrogen and oxygen atoms in total. The van der Waals surface area contributed by atoms with Gasteiger partial charge in [-0.3, -0.25) is 4.79 Å². The number of hydrogen-bond donors (Lipinski definition) is 1. The number of carbonyl (C=O) groups excluding carboxylic acids is 1. The fraction of sp³-hybridized carbons (Fsp3) is 0.982. The zero-order valence-corrected chi connectivity index (χ0v) is 47.0. The van der Waals surface area contributed by atoms with Crippen molar-refractivity contribution < 1.29 is 90.4 Å². The van der Waals surface area contributed by atoms with Crippen LogP contribution < -0.4 is 0 Å². The van der Waals surface area contributed by atoms with Crippen molar-refractivity contribution in [3.8, 4) is 0 Å². The summed E-state index contributed by atoms with van der Waals surface area (Å²) in [4.78, 5) is 13.4. The van der Waals surface area contributed by atoms with Gasteiger partial charge in [0.1, 0.15) is 36.3 Å². The molecule has 3 saturated carbocycles. The predicted octanol–water partition coefficient (Wildman–Crippen LogP) is 6.13. The number of Topliss-reactive ketones (excluding diaryl/α,β-unsaturated/α-hetero) is 1. The Morgan fingerprint density at radius 3 is 1.36 bits per heavy atom. The van der Waals surface area contributed by atoms with Crippen molar-refractivity contribution in [2.75, 3.05) is 35.5 Å². The van der Waals surface area contributed by atoms with E-state index < -0.39 is 104 Å². The van der Waals surface area contributed by atoms with Crippen LogP contribution in [0.3, 0.4) is 0 Å². The molecular formula is C56H92O19. The summed E-state index contributed by atoms with van der Waals surface area (Å²) in [5.74, 6) is 0.678. The molecule has 1 N–H and O–H groups in total. The molecule has 430 valence electrons. The first-order chi connectivity index (χ1) is 35.8. The van der Waals surface area contributed by atoms with Crippen LogP contribution in [0.25, 0.3) is 0 Å². The predicted molar refractivity (Wildman–Crippen MR) is 266 cm³/mol. The molecule has 3 aliphatic carbocycles. The summed E-state index contributed by atoms with van der Waals surface area (Å²) in [6, 6.07) is 0. The molecule has 0 unspecified atom stereocenters. The lowest BCUT2D eigenvalue weighted by atomic mass is 9.52. The molecule has 0 aromatic rings. The van der Waals surface area contributed by atoms with Crippen LogP contribution in [0.2, 0.25) is 0 Å². The van der Waals surface area contributed by atoms with Crippen LogP contribution in [0, 0.1) is 28.6 Å². The summed E-state index contributed by atoms with van der Waals surface area (Å²) in [7, 11) is 8.29. The molecule has 0 aromatic heterocycles. The van der Waals surface area contributed by atoms with Gasteiger partial charge in [0, 0.05) is 92.3 Å². The number of rotatable bonds is 15. The van der Waals surface area contributed by atoms with E-state index >= 15 is 0 Å². The Morgan fingerprint density at radius 1 is 0.480 bits per heavy atom. The number of hydrogen-bond acceptors (Lipinski definition) is 19. The van der Waals surface area contributed by atoms with Crippen molar-refractivity contribution in [3.05, 3.63) is 0 Å². The van der Waals surface area contributed by atoms with Gasteiger partial charge < -0.3 is 85.6 Å². The molecule has 7 aliphatic heterocycles. The molecule has 0 amide bonds. The molecule has 75 heavy (non-hydrogen) atoms. The largest absolute Gasteiger partial charge is 0.388 e. The Bertz CT molecular complexity index is 1920. The van der Waals surface area contributed by atoms with Crippen LogP contribution >= 0.6 is 0 Å². The number of ketones is 1. The second kappa shape index (κ2) is 23.1. The van der Waals surface area contributed by atoms with Crippen molar-refractivity contribution in [2.24, 2.45) is 28.6 Å². The Hall–Kier alpha value is -1.05. The van der Waals surface area contributed by atoms with E-state index in [9.17, 15) is 9.90 Å². The molecule has 29 atom stereocenters. The number of fused-ring (bicyclic) bond motifs is 5. The normalized spacial score (nSPS) is 54.2. The van der Waals surface area contributed by atoms with Gasteiger partial charge in [0.2, 0.25) is 0 Å². The van der Waals surface area contributed by atoms with Crippen molar-refractivity contribution in [2.45, 2.75) is 286 Å². The summed E-state index contributed by atoms with van der Waals surface area (Å²) in [6.07, 6.45) is 0.175. The second-order valence-corrected chi connectivity index (χ2v) is 24.5. The van der Waals surface area contributed by atoms with Crippen LogP contribution in [0.15, 0.2) is 0 Å². The minimum absolute atomic E-state index is 0.00103. The third-order valence-corrected chi connectivity index (χ3v) is 20.3. The van der Waals surface area contributed by atoms with Gasteiger partial charge in [0.25, 0.3) is 0 Å². The lowest BCUT2D eigenvalue weighted by Gasteiger charge is -2.57. The molecule has 10 aliphatic rings. The number of aliphatic hydroxyl groups excluding tert-OH is 1. The summed E-state index contributed by atoms with van der Waals surface area (Å²) < 4.78 is 109. The standard InChI is InChI=1S/C56H92O19/c1-27-35-14-15-42(57)55(35,8)43-26-41-54(7)18-17-34(20-33(54)16-19-56(41,74-27)75-43)69-44-22-37(60-10)50(29(3)65-44)71-46-24-39(62-12)52(31(5)67-46)73-48-25-40(63-13)53(32(6)68-48)72-47-23-38(61-11)51(30(4)66-47)70-45-21-36(59-9)49(58)28(2)64-45/h27-41,43-53,58H,14-26H2,1-13H3/t27-,28+,29+,30+,31+,32+,33-,34-,35-,36-,37+,38+,39-,40+,41+,43+,44-,45-,46-,47-,48-,49+,50+,51+,52+,53+,54-,55+,56-/m0/s1. The molecule has 10 rings (SSSR count). The zero-order valence-electron chi connectivity index (χ0n) is 47.0. The van der Waals surface area contributed by atoms with E-state index in [2.05, 4.69) is 20.8 Å². The molecule has 0 aromatic carbocycles. The van der Waals surface area contributed by atoms with Gasteiger partial charge in [-0.1, -0.05) is 6.92 Å². The number of aliphatic hydroxyl groups is 1. The molecule has 7 heterocycles. The fourth-order valence-electron chi connectivity index (χ4n) is 16.0. The highest BCUT2D eigenvalue weighted by molar-refractivity contribution is 5.88. The third kappa shape index (κ3) is 10.9. The first kappa shape index (κ1) is 57.2. The second-order valence-electron chi connectivity index (χ2n) is 24.5. The average Bonchev–Trinajstić information content (AvgIpc) is 3.94. The van der Waals surface area contributed by atoms with E-state index in [4.69, 9.17) is 80.5 Å². The van der Waals surface area contributed by atoms with Gasteiger partial charge in [-0.2, -0.15) is 0 Å². The molecule has 1 spiro atoms. The van der Waals surface area contributed by atoms with Gasteiger partial charge in [0.15, 0.2) is 37.2 Å². The van der Waals surface area contributed by atoms with Crippen molar-refractivity contribution in [1.29, 1.82) is 0 Å². The maximum absolute atomic E-state index is 13.4. The molecule has 0 radical (unpaired) electrons. The summed E-state index contributed by atoms with van der Waals surface area (Å²) in [6.45, 7) is 16.5. The van der Waals surface area contributed by atoms with E-state index in [0.717, 1.165) is 44.9 Å². The smallest absolute Gasteiger partial charge is 0.172 e. The zero-order chi connectivity index (χ0) is 53.3. The van der Waals surface area contributed by atoms with Crippen molar-refractivity contribution in [1.82, 2.24) is 0 Å². The summed E-state index contributed by atoms with van der Waals surface area (Å²) >= 11 is 0.